The maximum Gasteiger partial charge on any atom is 0.191 e. The smallest absolute Gasteiger partial charge is 0.191 e. The van der Waals surface area contributed by atoms with E-state index >= 15 is 0 Å². The van der Waals surface area contributed by atoms with Crippen molar-refractivity contribution in [3.05, 3.63) is 0 Å². The molecule has 5 unspecified atom stereocenters. The molecular weight excluding hydrogens is 350 g/mol. The average molecular weight is 384 g/mol. The Hall–Kier alpha value is -0.820. The Bertz CT molecular complexity index is 642. The van der Waals surface area contributed by atoms with Crippen LogP contribution in [0.25, 0.3) is 0 Å². The van der Waals surface area contributed by atoms with Crippen molar-refractivity contribution in [3.63, 3.8) is 0 Å². The second-order valence-corrected chi connectivity index (χ2v) is 11.4. The van der Waals surface area contributed by atoms with E-state index in [1.165, 1.54) is 25.7 Å². The number of guanidine groups is 1. The molecule has 0 amide bonds. The van der Waals surface area contributed by atoms with Crippen molar-refractivity contribution in [1.82, 2.24) is 10.6 Å². The van der Waals surface area contributed by atoms with Gasteiger partial charge >= 0.3 is 0 Å². The summed E-state index contributed by atoms with van der Waals surface area (Å²) in [6.45, 7) is 4.31. The standard InChI is InChI=1S/C19H33N3O3S/c1-19(6-2-7-25-19)13-21-18(20-11-15-5-8-26(23,24)12-15)22-17-10-14-3-4-16(17)9-14/h14-17H,2-13H2,1H3,(H2,20,21,22). The highest BCUT2D eigenvalue weighted by Gasteiger charge is 2.40. The summed E-state index contributed by atoms with van der Waals surface area (Å²) in [6.07, 6.45) is 8.24. The minimum atomic E-state index is -2.83. The number of aliphatic imine (C=N–C) groups is 1. The molecule has 2 aliphatic heterocycles. The average Bonchev–Trinajstić information content (AvgIpc) is 3.36. The fraction of sp³-hybridized carbons (Fsp3) is 0.947. The number of rotatable bonds is 5. The second-order valence-electron chi connectivity index (χ2n) is 9.14. The summed E-state index contributed by atoms with van der Waals surface area (Å²) in [7, 11) is -2.83. The lowest BCUT2D eigenvalue weighted by molar-refractivity contribution is 0.0283. The van der Waals surface area contributed by atoms with Gasteiger partial charge in [0.05, 0.1) is 23.7 Å². The van der Waals surface area contributed by atoms with Crippen molar-refractivity contribution < 1.29 is 13.2 Å². The lowest BCUT2D eigenvalue weighted by Crippen LogP contribution is -2.47. The molecule has 4 fully saturated rings. The van der Waals surface area contributed by atoms with Crippen molar-refractivity contribution in [2.45, 2.75) is 63.5 Å². The topological polar surface area (TPSA) is 79.8 Å². The zero-order valence-electron chi connectivity index (χ0n) is 15.9. The minimum Gasteiger partial charge on any atom is -0.373 e. The number of sulfone groups is 1. The molecule has 2 saturated heterocycles. The van der Waals surface area contributed by atoms with E-state index in [2.05, 4.69) is 17.6 Å². The molecule has 5 atom stereocenters. The molecule has 26 heavy (non-hydrogen) atoms. The van der Waals surface area contributed by atoms with Gasteiger partial charge in [-0.25, -0.2) is 8.42 Å². The summed E-state index contributed by atoms with van der Waals surface area (Å²) < 4.78 is 29.3. The van der Waals surface area contributed by atoms with Gasteiger partial charge in [0, 0.05) is 19.2 Å². The molecule has 2 saturated carbocycles. The van der Waals surface area contributed by atoms with E-state index in [1.807, 2.05) is 0 Å². The van der Waals surface area contributed by atoms with Crippen molar-refractivity contribution in [2.75, 3.05) is 31.2 Å². The Morgan fingerprint density at radius 2 is 2.15 bits per heavy atom. The van der Waals surface area contributed by atoms with Gasteiger partial charge in [-0.1, -0.05) is 6.42 Å². The van der Waals surface area contributed by atoms with Gasteiger partial charge < -0.3 is 15.4 Å². The normalized spacial score (nSPS) is 41.7. The van der Waals surface area contributed by atoms with E-state index in [1.54, 1.807) is 0 Å². The molecule has 2 aliphatic carbocycles. The minimum absolute atomic E-state index is 0.153. The second kappa shape index (κ2) is 7.30. The summed E-state index contributed by atoms with van der Waals surface area (Å²) >= 11 is 0. The quantitative estimate of drug-likeness (QED) is 0.558. The van der Waals surface area contributed by atoms with E-state index < -0.39 is 9.84 Å². The van der Waals surface area contributed by atoms with E-state index in [-0.39, 0.29) is 11.5 Å². The van der Waals surface area contributed by atoms with Gasteiger partial charge in [-0.2, -0.15) is 0 Å². The lowest BCUT2D eigenvalue weighted by atomic mass is 9.95. The molecule has 6 nitrogen and oxygen atoms in total. The van der Waals surface area contributed by atoms with Gasteiger partial charge in [0.25, 0.3) is 0 Å². The van der Waals surface area contributed by atoms with Crippen LogP contribution < -0.4 is 10.6 Å². The van der Waals surface area contributed by atoms with Crippen molar-refractivity contribution in [1.29, 1.82) is 0 Å². The van der Waals surface area contributed by atoms with Crippen LogP contribution in [0.1, 0.15) is 51.9 Å². The summed E-state index contributed by atoms with van der Waals surface area (Å²) in [5.74, 6) is 3.35. The zero-order chi connectivity index (χ0) is 18.2. The molecule has 4 rings (SSSR count). The largest absolute Gasteiger partial charge is 0.373 e. The summed E-state index contributed by atoms with van der Waals surface area (Å²) in [4.78, 5) is 4.84. The van der Waals surface area contributed by atoms with Crippen LogP contribution in [0.15, 0.2) is 4.99 Å². The molecule has 0 radical (unpaired) electrons. The van der Waals surface area contributed by atoms with Crippen LogP contribution in [0.3, 0.4) is 0 Å². The first-order valence-corrected chi connectivity index (χ1v) is 12.1. The number of nitrogens with one attached hydrogen (secondary N) is 2. The third-order valence-corrected chi connectivity index (χ3v) is 8.65. The Morgan fingerprint density at radius 1 is 1.27 bits per heavy atom. The predicted octanol–water partition coefficient (Wildman–Crippen LogP) is 1.71. The van der Waals surface area contributed by atoms with E-state index in [4.69, 9.17) is 9.73 Å². The molecular formula is C19H33N3O3S. The lowest BCUT2D eigenvalue weighted by Gasteiger charge is -2.27. The van der Waals surface area contributed by atoms with Crippen LogP contribution in [0, 0.1) is 17.8 Å². The van der Waals surface area contributed by atoms with Crippen LogP contribution in [-0.2, 0) is 14.6 Å². The van der Waals surface area contributed by atoms with E-state index in [0.29, 0.717) is 30.6 Å². The van der Waals surface area contributed by atoms with Crippen molar-refractivity contribution in [3.8, 4) is 0 Å². The van der Waals surface area contributed by atoms with E-state index in [0.717, 1.165) is 43.7 Å². The molecule has 2 heterocycles. The third kappa shape index (κ3) is 4.35. The Balaban J connectivity index is 1.37. The van der Waals surface area contributed by atoms with Gasteiger partial charge in [-0.3, -0.25) is 4.99 Å². The van der Waals surface area contributed by atoms with Gasteiger partial charge in [-0.05, 0) is 63.2 Å². The Labute approximate surface area is 157 Å². The number of fused-ring (bicyclic) bond motifs is 2. The Morgan fingerprint density at radius 3 is 2.77 bits per heavy atom. The number of hydrogen-bond acceptors (Lipinski definition) is 4. The van der Waals surface area contributed by atoms with Gasteiger partial charge in [0.1, 0.15) is 0 Å². The van der Waals surface area contributed by atoms with Crippen LogP contribution in [0.2, 0.25) is 0 Å². The predicted molar refractivity (Wildman–Crippen MR) is 103 cm³/mol. The Kier molecular flexibility index (Phi) is 5.21. The molecule has 2 N–H and O–H groups in total. The molecule has 0 aromatic carbocycles. The molecule has 4 aliphatic rings. The summed E-state index contributed by atoms with van der Waals surface area (Å²) in [6, 6.07) is 0.518. The van der Waals surface area contributed by atoms with Gasteiger partial charge in [0.15, 0.2) is 15.8 Å². The van der Waals surface area contributed by atoms with Crippen LogP contribution in [-0.4, -0.2) is 57.2 Å². The number of nitrogens with zero attached hydrogens (tertiary/aromatic N) is 1. The maximum absolute atomic E-state index is 11.7. The highest BCUT2D eigenvalue weighted by atomic mass is 32.2. The van der Waals surface area contributed by atoms with Gasteiger partial charge in [0.2, 0.25) is 0 Å². The zero-order valence-corrected chi connectivity index (χ0v) is 16.7. The number of ether oxygens (including phenoxy) is 1. The number of hydrogen-bond donors (Lipinski definition) is 2. The SMILES string of the molecule is CC1(CN=C(NCC2CCS(=O)(=O)C2)NC2CC3CCC2C3)CCCO1. The van der Waals surface area contributed by atoms with Crippen LogP contribution >= 0.6 is 0 Å². The van der Waals surface area contributed by atoms with Crippen molar-refractivity contribution in [2.24, 2.45) is 22.7 Å². The molecule has 7 heteroatoms. The first-order valence-electron chi connectivity index (χ1n) is 10.3. The molecule has 0 spiro atoms. The third-order valence-electron chi connectivity index (χ3n) is 6.82. The maximum atomic E-state index is 11.7. The molecule has 0 aromatic heterocycles. The summed E-state index contributed by atoms with van der Waals surface area (Å²) in [5.41, 5.74) is -0.153. The molecule has 148 valence electrons. The highest BCUT2D eigenvalue weighted by molar-refractivity contribution is 7.91. The molecule has 2 bridgehead atoms. The highest BCUT2D eigenvalue weighted by Crippen LogP contribution is 2.44. The first-order chi connectivity index (χ1) is 12.4. The fourth-order valence-corrected chi connectivity index (χ4v) is 7.09. The fourth-order valence-electron chi connectivity index (χ4n) is 5.23. The molecule has 0 aromatic rings. The monoisotopic (exact) mass is 383 g/mol. The van der Waals surface area contributed by atoms with Crippen molar-refractivity contribution >= 4 is 15.8 Å². The summed E-state index contributed by atoms with van der Waals surface area (Å²) in [5, 5.41) is 7.11. The van der Waals surface area contributed by atoms with Crippen LogP contribution in [0.5, 0.6) is 0 Å². The van der Waals surface area contributed by atoms with Gasteiger partial charge in [-0.15, -0.1) is 0 Å². The van der Waals surface area contributed by atoms with Crippen LogP contribution in [0.4, 0.5) is 0 Å². The first kappa shape index (κ1) is 18.5. The van der Waals surface area contributed by atoms with E-state index in [9.17, 15) is 8.42 Å².